The average Bonchev–Trinajstić information content (AvgIpc) is 3.07. The molecular formula is C42H81NO5. The molecule has 0 spiro atoms. The van der Waals surface area contributed by atoms with Crippen molar-refractivity contribution in [1.82, 2.24) is 5.32 Å². The fraction of sp³-hybridized carbons (Fsp3) is 0.905. The summed E-state index contributed by atoms with van der Waals surface area (Å²) in [5.74, 6) is -0.489. The Morgan fingerprint density at radius 1 is 0.583 bits per heavy atom. The molecule has 0 fully saturated rings. The van der Waals surface area contributed by atoms with Crippen molar-refractivity contribution in [3.63, 3.8) is 0 Å². The lowest BCUT2D eigenvalue weighted by Crippen LogP contribution is -2.46. The summed E-state index contributed by atoms with van der Waals surface area (Å²) >= 11 is 0. The van der Waals surface area contributed by atoms with Gasteiger partial charge in [0, 0.05) is 6.42 Å². The molecule has 1 amide bonds. The first-order valence-corrected chi connectivity index (χ1v) is 20.9. The van der Waals surface area contributed by atoms with Crippen molar-refractivity contribution >= 4 is 11.9 Å². The zero-order chi connectivity index (χ0) is 35.3. The van der Waals surface area contributed by atoms with Crippen LogP contribution >= 0.6 is 0 Å². The number of hydrogen-bond donors (Lipinski definition) is 3. The van der Waals surface area contributed by atoms with Gasteiger partial charge in [0.15, 0.2) is 0 Å². The van der Waals surface area contributed by atoms with Crippen LogP contribution in [0.25, 0.3) is 0 Å². The monoisotopic (exact) mass is 680 g/mol. The predicted molar refractivity (Wildman–Crippen MR) is 204 cm³/mol. The minimum atomic E-state index is -0.781. The van der Waals surface area contributed by atoms with Gasteiger partial charge in [-0.2, -0.15) is 0 Å². The molecule has 0 aromatic carbocycles. The van der Waals surface area contributed by atoms with Crippen LogP contribution < -0.4 is 5.32 Å². The van der Waals surface area contributed by atoms with E-state index in [1.807, 2.05) is 0 Å². The van der Waals surface area contributed by atoms with E-state index in [0.29, 0.717) is 19.3 Å². The molecule has 6 nitrogen and oxygen atoms in total. The van der Waals surface area contributed by atoms with Gasteiger partial charge in [0.25, 0.3) is 0 Å². The summed E-state index contributed by atoms with van der Waals surface area (Å²) < 4.78 is 5.85. The van der Waals surface area contributed by atoms with Crippen molar-refractivity contribution < 1.29 is 24.5 Å². The number of unbranched alkanes of at least 4 members (excludes halogenated alkanes) is 23. The number of aliphatic hydroxyl groups excluding tert-OH is 2. The van der Waals surface area contributed by atoms with Crippen molar-refractivity contribution in [2.75, 3.05) is 6.61 Å². The number of carbonyl (C=O) groups is 2. The number of carbonyl (C=O) groups excluding carboxylic acids is 2. The van der Waals surface area contributed by atoms with Gasteiger partial charge in [0.1, 0.15) is 6.10 Å². The van der Waals surface area contributed by atoms with Crippen molar-refractivity contribution in [2.24, 2.45) is 0 Å². The van der Waals surface area contributed by atoms with Crippen molar-refractivity contribution in [3.8, 4) is 0 Å². The molecule has 0 aliphatic rings. The van der Waals surface area contributed by atoms with Crippen LogP contribution in [0.2, 0.25) is 0 Å². The van der Waals surface area contributed by atoms with E-state index in [4.69, 9.17) is 4.74 Å². The molecular weight excluding hydrogens is 598 g/mol. The lowest BCUT2D eigenvalue weighted by molar-refractivity contribution is -0.151. The Labute approximate surface area is 298 Å². The maximum atomic E-state index is 13.0. The molecule has 3 unspecified atom stereocenters. The summed E-state index contributed by atoms with van der Waals surface area (Å²) in [5, 5.41) is 23.4. The van der Waals surface area contributed by atoms with Gasteiger partial charge in [-0.05, 0) is 44.9 Å². The maximum Gasteiger partial charge on any atom is 0.306 e. The Kier molecular flexibility index (Phi) is 35.8. The standard InChI is InChI=1S/C42H81NO5/c1-4-7-10-13-16-19-20-21-23-26-29-32-35-42(47)48-38(33-30-27-24-18-15-12-9-6-3)36-41(46)43-39(37-44)40(45)34-31-28-25-22-17-14-11-8-5-2/h12,15,38-40,44-45H,4-11,13-14,16-37H2,1-3H3,(H,43,46)/b15-12-. The second kappa shape index (κ2) is 36.9. The van der Waals surface area contributed by atoms with Gasteiger partial charge >= 0.3 is 5.97 Å². The summed E-state index contributed by atoms with van der Waals surface area (Å²) in [7, 11) is 0. The van der Waals surface area contributed by atoms with Gasteiger partial charge in [0.2, 0.25) is 5.91 Å². The molecule has 6 heteroatoms. The average molecular weight is 680 g/mol. The van der Waals surface area contributed by atoms with Crippen molar-refractivity contribution in [3.05, 3.63) is 12.2 Å². The Balaban J connectivity index is 4.53. The molecule has 0 bridgehead atoms. The highest BCUT2D eigenvalue weighted by Crippen LogP contribution is 2.17. The summed E-state index contributed by atoms with van der Waals surface area (Å²) in [6.07, 6.45) is 37.1. The van der Waals surface area contributed by atoms with E-state index in [2.05, 4.69) is 38.2 Å². The lowest BCUT2D eigenvalue weighted by atomic mass is 10.0. The third-order valence-corrected chi connectivity index (χ3v) is 9.58. The van der Waals surface area contributed by atoms with E-state index in [9.17, 15) is 19.8 Å². The highest BCUT2D eigenvalue weighted by Gasteiger charge is 2.24. The Hall–Kier alpha value is -1.40. The molecule has 0 saturated heterocycles. The smallest absolute Gasteiger partial charge is 0.306 e. The number of nitrogens with one attached hydrogen (secondary N) is 1. The van der Waals surface area contributed by atoms with Crippen LogP contribution in [0, 0.1) is 0 Å². The van der Waals surface area contributed by atoms with Crippen LogP contribution in [-0.2, 0) is 14.3 Å². The summed E-state index contributed by atoms with van der Waals surface area (Å²) in [6, 6.07) is -0.695. The molecule has 0 heterocycles. The molecule has 0 rings (SSSR count). The minimum absolute atomic E-state index is 0.0713. The summed E-state index contributed by atoms with van der Waals surface area (Å²) in [4.78, 5) is 25.8. The number of ether oxygens (including phenoxy) is 1. The molecule has 284 valence electrons. The van der Waals surface area contributed by atoms with Crippen LogP contribution in [0.3, 0.4) is 0 Å². The normalized spacial score (nSPS) is 13.5. The van der Waals surface area contributed by atoms with Gasteiger partial charge in [-0.15, -0.1) is 0 Å². The Morgan fingerprint density at radius 2 is 1.04 bits per heavy atom. The van der Waals surface area contributed by atoms with E-state index in [-0.39, 0.29) is 24.9 Å². The fourth-order valence-electron chi connectivity index (χ4n) is 6.37. The van der Waals surface area contributed by atoms with E-state index < -0.39 is 18.2 Å². The quantitative estimate of drug-likeness (QED) is 0.0345. The number of allylic oxidation sites excluding steroid dienone is 2. The Morgan fingerprint density at radius 3 is 1.56 bits per heavy atom. The van der Waals surface area contributed by atoms with Gasteiger partial charge in [-0.1, -0.05) is 174 Å². The van der Waals surface area contributed by atoms with E-state index >= 15 is 0 Å². The molecule has 0 aliphatic heterocycles. The lowest BCUT2D eigenvalue weighted by Gasteiger charge is -2.24. The highest BCUT2D eigenvalue weighted by molar-refractivity contribution is 5.77. The van der Waals surface area contributed by atoms with Gasteiger partial charge in [0.05, 0.1) is 25.2 Å². The molecule has 0 aromatic heterocycles. The third-order valence-electron chi connectivity index (χ3n) is 9.58. The fourth-order valence-corrected chi connectivity index (χ4v) is 6.37. The first-order valence-electron chi connectivity index (χ1n) is 20.9. The van der Waals surface area contributed by atoms with Gasteiger partial charge in [-0.25, -0.2) is 0 Å². The van der Waals surface area contributed by atoms with E-state index in [1.54, 1.807) is 0 Å². The number of aliphatic hydroxyl groups is 2. The number of esters is 1. The third kappa shape index (κ3) is 31.8. The molecule has 3 atom stereocenters. The maximum absolute atomic E-state index is 13.0. The molecule has 48 heavy (non-hydrogen) atoms. The van der Waals surface area contributed by atoms with Crippen LogP contribution in [-0.4, -0.2) is 46.9 Å². The second-order valence-corrected chi connectivity index (χ2v) is 14.4. The van der Waals surface area contributed by atoms with E-state index in [0.717, 1.165) is 77.0 Å². The molecule has 3 N–H and O–H groups in total. The largest absolute Gasteiger partial charge is 0.462 e. The SMILES string of the molecule is CCC/C=C\CCCCCC(CC(=O)NC(CO)C(O)CCCCCCCCCCC)OC(=O)CCCCCCCCCCCCCC. The summed E-state index contributed by atoms with van der Waals surface area (Å²) in [6.45, 7) is 6.37. The first kappa shape index (κ1) is 46.6. The van der Waals surface area contributed by atoms with E-state index in [1.165, 1.54) is 96.3 Å². The Bertz CT molecular complexity index is 727. The summed E-state index contributed by atoms with van der Waals surface area (Å²) in [5.41, 5.74) is 0. The van der Waals surface area contributed by atoms with Gasteiger partial charge in [-0.3, -0.25) is 9.59 Å². The van der Waals surface area contributed by atoms with Crippen molar-refractivity contribution in [2.45, 2.75) is 238 Å². The molecule has 0 saturated carbocycles. The highest BCUT2D eigenvalue weighted by atomic mass is 16.5. The molecule has 0 aliphatic carbocycles. The van der Waals surface area contributed by atoms with Crippen molar-refractivity contribution in [1.29, 1.82) is 0 Å². The van der Waals surface area contributed by atoms with Crippen LogP contribution in [0.4, 0.5) is 0 Å². The molecule has 0 aromatic rings. The number of amides is 1. The zero-order valence-electron chi connectivity index (χ0n) is 32.1. The first-order chi connectivity index (χ1) is 23.5. The van der Waals surface area contributed by atoms with Gasteiger partial charge < -0.3 is 20.3 Å². The second-order valence-electron chi connectivity index (χ2n) is 14.4. The number of rotatable bonds is 37. The zero-order valence-corrected chi connectivity index (χ0v) is 32.1. The predicted octanol–water partition coefficient (Wildman–Crippen LogP) is 11.4. The van der Waals surface area contributed by atoms with Crippen LogP contribution in [0.15, 0.2) is 12.2 Å². The minimum Gasteiger partial charge on any atom is -0.462 e. The topological polar surface area (TPSA) is 95.9 Å². The molecule has 0 radical (unpaired) electrons. The van der Waals surface area contributed by atoms with Crippen LogP contribution in [0.5, 0.6) is 0 Å². The van der Waals surface area contributed by atoms with Crippen LogP contribution in [0.1, 0.15) is 220 Å². The number of hydrogen-bond acceptors (Lipinski definition) is 5.